The van der Waals surface area contributed by atoms with Crippen molar-refractivity contribution in [2.45, 2.75) is 13.0 Å². The summed E-state index contributed by atoms with van der Waals surface area (Å²) in [5, 5.41) is 4.04. The van der Waals surface area contributed by atoms with E-state index in [1.54, 1.807) is 0 Å². The zero-order valence-electron chi connectivity index (χ0n) is 11.7. The van der Waals surface area contributed by atoms with Gasteiger partial charge in [0.05, 0.1) is 5.69 Å². The normalized spacial score (nSPS) is 14.6. The molecule has 0 spiro atoms. The summed E-state index contributed by atoms with van der Waals surface area (Å²) in [7, 11) is 0. The fraction of sp³-hybridized carbons (Fsp3) is 0.235. The van der Waals surface area contributed by atoms with E-state index in [0.717, 1.165) is 35.8 Å². The first-order chi connectivity index (χ1) is 10.3. The van der Waals surface area contributed by atoms with Crippen LogP contribution in [0.5, 0.6) is 5.88 Å². The van der Waals surface area contributed by atoms with Crippen LogP contribution < -0.4 is 10.1 Å². The van der Waals surface area contributed by atoms with E-state index in [1.807, 2.05) is 42.5 Å². The second kappa shape index (κ2) is 6.74. The van der Waals surface area contributed by atoms with E-state index in [2.05, 4.69) is 16.4 Å². The van der Waals surface area contributed by atoms with Crippen LogP contribution in [0.3, 0.4) is 0 Å². The molecule has 4 heteroatoms. The number of hydrogen-bond donors (Lipinski definition) is 1. The molecule has 0 bridgehead atoms. The van der Waals surface area contributed by atoms with Crippen LogP contribution in [0.15, 0.2) is 48.5 Å². The van der Waals surface area contributed by atoms with Gasteiger partial charge in [-0.1, -0.05) is 35.9 Å². The molecule has 1 N–H and O–H groups in total. The highest BCUT2D eigenvalue weighted by Crippen LogP contribution is 2.20. The molecule has 108 valence electrons. The highest BCUT2D eigenvalue weighted by atomic mass is 35.5. The first-order valence-electron chi connectivity index (χ1n) is 7.06. The van der Waals surface area contributed by atoms with Crippen molar-refractivity contribution in [2.24, 2.45) is 0 Å². The van der Waals surface area contributed by atoms with Crippen LogP contribution in [0.2, 0.25) is 5.02 Å². The van der Waals surface area contributed by atoms with E-state index in [4.69, 9.17) is 16.3 Å². The number of rotatable bonds is 4. The van der Waals surface area contributed by atoms with E-state index >= 15 is 0 Å². The summed E-state index contributed by atoms with van der Waals surface area (Å²) in [6.45, 7) is 2.41. The average molecular weight is 301 g/mol. The summed E-state index contributed by atoms with van der Waals surface area (Å²) in [6.07, 6.45) is 3.20. The SMILES string of the molecule is Clc1ccc(COc2cccc(C3=CCNCC3)n2)cc1. The Morgan fingerprint density at radius 1 is 1.14 bits per heavy atom. The number of nitrogens with one attached hydrogen (secondary N) is 1. The molecule has 0 radical (unpaired) electrons. The lowest BCUT2D eigenvalue weighted by Gasteiger charge is -2.14. The van der Waals surface area contributed by atoms with Crippen molar-refractivity contribution in [3.05, 3.63) is 64.8 Å². The molecule has 21 heavy (non-hydrogen) atoms. The van der Waals surface area contributed by atoms with Crippen LogP contribution in [0, 0.1) is 0 Å². The van der Waals surface area contributed by atoms with Crippen molar-refractivity contribution in [3.8, 4) is 5.88 Å². The average Bonchev–Trinajstić information content (AvgIpc) is 2.55. The Morgan fingerprint density at radius 3 is 2.76 bits per heavy atom. The van der Waals surface area contributed by atoms with Gasteiger partial charge in [-0.05, 0) is 42.3 Å². The Hall–Kier alpha value is -1.84. The minimum atomic E-state index is 0.494. The molecular formula is C17H17ClN2O. The second-order valence-corrected chi connectivity index (χ2v) is 5.40. The van der Waals surface area contributed by atoms with E-state index in [-0.39, 0.29) is 0 Å². The minimum absolute atomic E-state index is 0.494. The van der Waals surface area contributed by atoms with Crippen LogP contribution in [-0.2, 0) is 6.61 Å². The molecule has 0 saturated heterocycles. The van der Waals surface area contributed by atoms with Gasteiger partial charge in [0.25, 0.3) is 0 Å². The van der Waals surface area contributed by atoms with Crippen molar-refractivity contribution >= 4 is 17.2 Å². The van der Waals surface area contributed by atoms with Gasteiger partial charge in [0.2, 0.25) is 5.88 Å². The Morgan fingerprint density at radius 2 is 2.00 bits per heavy atom. The van der Waals surface area contributed by atoms with Gasteiger partial charge in [-0.3, -0.25) is 0 Å². The van der Waals surface area contributed by atoms with E-state index in [1.165, 1.54) is 5.57 Å². The quantitative estimate of drug-likeness (QED) is 0.935. The van der Waals surface area contributed by atoms with E-state index in [0.29, 0.717) is 12.5 Å². The highest BCUT2D eigenvalue weighted by molar-refractivity contribution is 6.30. The molecule has 3 rings (SSSR count). The van der Waals surface area contributed by atoms with Crippen LogP contribution in [0.4, 0.5) is 0 Å². The van der Waals surface area contributed by atoms with Crippen molar-refractivity contribution in [3.63, 3.8) is 0 Å². The smallest absolute Gasteiger partial charge is 0.214 e. The minimum Gasteiger partial charge on any atom is -0.473 e. The topological polar surface area (TPSA) is 34.1 Å². The van der Waals surface area contributed by atoms with Crippen molar-refractivity contribution in [1.82, 2.24) is 10.3 Å². The lowest BCUT2D eigenvalue weighted by molar-refractivity contribution is 0.293. The van der Waals surface area contributed by atoms with Gasteiger partial charge in [0, 0.05) is 17.6 Å². The van der Waals surface area contributed by atoms with Gasteiger partial charge in [-0.25, -0.2) is 4.98 Å². The molecule has 1 aromatic carbocycles. The van der Waals surface area contributed by atoms with Crippen LogP contribution >= 0.6 is 11.6 Å². The van der Waals surface area contributed by atoms with Gasteiger partial charge >= 0.3 is 0 Å². The number of hydrogen-bond acceptors (Lipinski definition) is 3. The largest absolute Gasteiger partial charge is 0.473 e. The standard InChI is InChI=1S/C17H17ClN2O/c18-15-6-4-13(5-7-15)12-21-17-3-1-2-16(20-17)14-8-10-19-11-9-14/h1-8,19H,9-12H2. The molecule has 0 saturated carbocycles. The summed E-state index contributed by atoms with van der Waals surface area (Å²) in [5.41, 5.74) is 3.36. The van der Waals surface area contributed by atoms with Crippen LogP contribution in [-0.4, -0.2) is 18.1 Å². The fourth-order valence-electron chi connectivity index (χ4n) is 2.27. The van der Waals surface area contributed by atoms with Crippen LogP contribution in [0.25, 0.3) is 5.57 Å². The molecule has 0 aliphatic carbocycles. The van der Waals surface area contributed by atoms with Gasteiger partial charge in [0.15, 0.2) is 0 Å². The Labute approximate surface area is 129 Å². The summed E-state index contributed by atoms with van der Waals surface area (Å²) in [4.78, 5) is 4.58. The zero-order valence-corrected chi connectivity index (χ0v) is 12.4. The third-order valence-electron chi connectivity index (χ3n) is 3.42. The number of aromatic nitrogens is 1. The van der Waals surface area contributed by atoms with E-state index in [9.17, 15) is 0 Å². The first kappa shape index (κ1) is 14.1. The van der Waals surface area contributed by atoms with Crippen molar-refractivity contribution < 1.29 is 4.74 Å². The Bertz CT molecular complexity index is 637. The molecule has 0 amide bonds. The predicted octanol–water partition coefficient (Wildman–Crippen LogP) is 3.69. The van der Waals surface area contributed by atoms with Crippen molar-refractivity contribution in [1.29, 1.82) is 0 Å². The maximum atomic E-state index is 5.87. The van der Waals surface area contributed by atoms with Crippen molar-refractivity contribution in [2.75, 3.05) is 13.1 Å². The summed E-state index contributed by atoms with van der Waals surface area (Å²) in [6, 6.07) is 13.6. The third-order valence-corrected chi connectivity index (χ3v) is 3.67. The number of benzene rings is 1. The number of nitrogens with zero attached hydrogens (tertiary/aromatic N) is 1. The lowest BCUT2D eigenvalue weighted by atomic mass is 10.1. The van der Waals surface area contributed by atoms with Gasteiger partial charge in [-0.15, -0.1) is 0 Å². The molecular weight excluding hydrogens is 284 g/mol. The maximum absolute atomic E-state index is 5.87. The zero-order chi connectivity index (χ0) is 14.5. The van der Waals surface area contributed by atoms with Crippen LogP contribution in [0.1, 0.15) is 17.7 Å². The third kappa shape index (κ3) is 3.84. The number of halogens is 1. The highest BCUT2D eigenvalue weighted by Gasteiger charge is 2.08. The number of ether oxygens (including phenoxy) is 1. The predicted molar refractivity (Wildman–Crippen MR) is 85.5 cm³/mol. The summed E-state index contributed by atoms with van der Waals surface area (Å²) in [5.74, 6) is 0.655. The second-order valence-electron chi connectivity index (χ2n) is 4.96. The Balaban J connectivity index is 1.68. The van der Waals surface area contributed by atoms with E-state index < -0.39 is 0 Å². The maximum Gasteiger partial charge on any atom is 0.214 e. The molecule has 1 aromatic heterocycles. The molecule has 3 nitrogen and oxygen atoms in total. The lowest BCUT2D eigenvalue weighted by Crippen LogP contribution is -2.20. The van der Waals surface area contributed by atoms with Gasteiger partial charge in [-0.2, -0.15) is 0 Å². The molecule has 0 unspecified atom stereocenters. The fourth-order valence-corrected chi connectivity index (χ4v) is 2.39. The first-order valence-corrected chi connectivity index (χ1v) is 7.43. The van der Waals surface area contributed by atoms with Gasteiger partial charge in [0.1, 0.15) is 6.61 Å². The molecule has 1 aliphatic heterocycles. The molecule has 2 heterocycles. The number of pyridine rings is 1. The monoisotopic (exact) mass is 300 g/mol. The molecule has 0 atom stereocenters. The molecule has 2 aromatic rings. The van der Waals surface area contributed by atoms with Gasteiger partial charge < -0.3 is 10.1 Å². The molecule has 1 aliphatic rings. The molecule has 0 fully saturated rings. The Kier molecular flexibility index (Phi) is 4.53. The summed E-state index contributed by atoms with van der Waals surface area (Å²) < 4.78 is 5.77. The summed E-state index contributed by atoms with van der Waals surface area (Å²) >= 11 is 5.87.